The molecule has 0 spiro atoms. The lowest BCUT2D eigenvalue weighted by molar-refractivity contribution is -0.156. The van der Waals surface area contributed by atoms with Crippen LogP contribution in [0, 0.1) is 0 Å². The Bertz CT molecular complexity index is 657. The Kier molecular flexibility index (Phi) is 13.8. The van der Waals surface area contributed by atoms with Crippen LogP contribution in [0.1, 0.15) is 110 Å². The van der Waals surface area contributed by atoms with Crippen LogP contribution in [0.5, 0.6) is 0 Å². The molecule has 0 amide bonds. The summed E-state index contributed by atoms with van der Waals surface area (Å²) in [5.74, 6) is -0.787. The van der Waals surface area contributed by atoms with Crippen molar-refractivity contribution in [3.63, 3.8) is 0 Å². The van der Waals surface area contributed by atoms with Gasteiger partial charge < -0.3 is 14.3 Å². The molecule has 184 valence electrons. The molecule has 0 bridgehead atoms. The van der Waals surface area contributed by atoms with E-state index in [1.165, 1.54) is 45.4 Å². The van der Waals surface area contributed by atoms with Gasteiger partial charge in [-0.15, -0.1) is 0 Å². The first kappa shape index (κ1) is 28.6. The van der Waals surface area contributed by atoms with E-state index in [4.69, 9.17) is 9.15 Å². The first-order valence-corrected chi connectivity index (χ1v) is 15.4. The summed E-state index contributed by atoms with van der Waals surface area (Å²) in [5.41, 5.74) is 0.579. The molecular weight excluding hydrogens is 420 g/mol. The summed E-state index contributed by atoms with van der Waals surface area (Å²) in [6.07, 6.45) is 9.98. The fraction of sp³-hybridized carbons (Fsp3) is 0.769. The number of esters is 1. The summed E-state index contributed by atoms with van der Waals surface area (Å²) >= 11 is 0. The zero-order valence-electron chi connectivity index (χ0n) is 21.1. The number of Topliss-reactive ketones (excluding diaryl/α,β-unsaturated/α-hetero) is 1. The van der Waals surface area contributed by atoms with Crippen LogP contribution in [0.15, 0.2) is 16.7 Å². The second kappa shape index (κ2) is 15.4. The van der Waals surface area contributed by atoms with Gasteiger partial charge in [-0.3, -0.25) is 9.59 Å². The monoisotopic (exact) mass is 466 g/mol. The Balaban J connectivity index is 2.66. The molecule has 1 heterocycles. The maximum Gasteiger partial charge on any atom is 0.303 e. The fourth-order valence-electron chi connectivity index (χ4n) is 4.47. The highest BCUT2D eigenvalue weighted by atomic mass is 28.3. The predicted molar refractivity (Wildman–Crippen MR) is 133 cm³/mol. The van der Waals surface area contributed by atoms with Crippen LogP contribution < -0.4 is 5.38 Å². The van der Waals surface area contributed by atoms with Crippen molar-refractivity contribution < 1.29 is 23.8 Å². The summed E-state index contributed by atoms with van der Waals surface area (Å²) in [7, 11) is -1.74. The van der Waals surface area contributed by atoms with Crippen LogP contribution in [0.4, 0.5) is 0 Å². The van der Waals surface area contributed by atoms with Crippen molar-refractivity contribution in [1.82, 2.24) is 0 Å². The van der Waals surface area contributed by atoms with Crippen molar-refractivity contribution in [2.45, 2.75) is 129 Å². The van der Waals surface area contributed by atoms with Gasteiger partial charge in [-0.2, -0.15) is 0 Å². The van der Waals surface area contributed by atoms with Crippen molar-refractivity contribution in [2.75, 3.05) is 0 Å². The molecule has 5 nitrogen and oxygen atoms in total. The minimum Gasteiger partial charge on any atom is -0.474 e. The third kappa shape index (κ3) is 8.85. The molecule has 0 aliphatic carbocycles. The number of hydrogen-bond acceptors (Lipinski definition) is 5. The first-order valence-electron chi connectivity index (χ1n) is 12.8. The zero-order valence-corrected chi connectivity index (χ0v) is 22.1. The lowest BCUT2D eigenvalue weighted by Crippen LogP contribution is -2.45. The number of furan rings is 1. The minimum atomic E-state index is -1.74. The summed E-state index contributed by atoms with van der Waals surface area (Å²) < 4.78 is 11.3. The average molecular weight is 467 g/mol. The normalized spacial score (nSPS) is 13.7. The standard InChI is InChI=1S/C26H46O5Si/c1-6-10-11-12-13-14-15-16-17-18-23(28)25(29)26(31-21(5)27)22-19-24(30-20-22)32(7-2,8-3)9-4/h19-20,25-26,29H,6-18H2,1-5H3. The van der Waals surface area contributed by atoms with Gasteiger partial charge in [-0.25, -0.2) is 0 Å². The molecular formula is C26H46O5Si. The molecule has 1 rings (SSSR count). The van der Waals surface area contributed by atoms with Crippen LogP contribution in [-0.2, 0) is 14.3 Å². The summed E-state index contributed by atoms with van der Waals surface area (Å²) in [5, 5.41) is 11.7. The molecule has 0 saturated heterocycles. The maximum absolute atomic E-state index is 12.7. The van der Waals surface area contributed by atoms with Gasteiger partial charge in [0.05, 0.1) is 11.6 Å². The van der Waals surface area contributed by atoms with E-state index in [-0.39, 0.29) is 5.78 Å². The lowest BCUT2D eigenvalue weighted by Gasteiger charge is -2.25. The topological polar surface area (TPSA) is 76.7 Å². The third-order valence-electron chi connectivity index (χ3n) is 6.94. The van der Waals surface area contributed by atoms with E-state index >= 15 is 0 Å². The Labute approximate surface area is 196 Å². The zero-order chi connectivity index (χ0) is 24.0. The number of hydrogen-bond donors (Lipinski definition) is 1. The number of carbonyl (C=O) groups is 2. The van der Waals surface area contributed by atoms with Gasteiger partial charge in [-0.1, -0.05) is 97.2 Å². The summed E-state index contributed by atoms with van der Waals surface area (Å²) in [6.45, 7) is 10.1. The molecule has 0 radical (unpaired) electrons. The highest BCUT2D eigenvalue weighted by Gasteiger charge is 2.36. The van der Waals surface area contributed by atoms with Crippen LogP contribution in [0.3, 0.4) is 0 Å². The van der Waals surface area contributed by atoms with Crippen molar-refractivity contribution in [3.8, 4) is 0 Å². The molecule has 0 fully saturated rings. The highest BCUT2D eigenvalue weighted by molar-refractivity contribution is 6.90. The van der Waals surface area contributed by atoms with E-state index < -0.39 is 26.3 Å². The molecule has 2 atom stereocenters. The second-order valence-corrected chi connectivity index (χ2v) is 14.3. The van der Waals surface area contributed by atoms with E-state index in [1.54, 1.807) is 6.26 Å². The van der Waals surface area contributed by atoms with Crippen LogP contribution in [0.2, 0.25) is 18.1 Å². The van der Waals surface area contributed by atoms with E-state index in [9.17, 15) is 14.7 Å². The van der Waals surface area contributed by atoms with Crippen molar-refractivity contribution in [3.05, 3.63) is 17.9 Å². The molecule has 6 heteroatoms. The Morgan fingerprint density at radius 1 is 0.938 bits per heavy atom. The molecule has 32 heavy (non-hydrogen) atoms. The Morgan fingerprint density at radius 3 is 1.97 bits per heavy atom. The predicted octanol–water partition coefficient (Wildman–Crippen LogP) is 6.45. The number of aliphatic hydroxyl groups is 1. The largest absolute Gasteiger partial charge is 0.474 e. The molecule has 0 aromatic carbocycles. The van der Waals surface area contributed by atoms with Crippen molar-refractivity contribution in [1.29, 1.82) is 0 Å². The number of ether oxygens (including phenoxy) is 1. The average Bonchev–Trinajstić information content (AvgIpc) is 3.27. The molecule has 1 N–H and O–H groups in total. The summed E-state index contributed by atoms with van der Waals surface area (Å²) in [6, 6.07) is 5.09. The van der Waals surface area contributed by atoms with Gasteiger partial charge in [0.1, 0.15) is 8.07 Å². The smallest absolute Gasteiger partial charge is 0.303 e. The molecule has 1 aromatic heterocycles. The van der Waals surface area contributed by atoms with E-state index in [0.717, 1.165) is 42.8 Å². The number of rotatable bonds is 18. The number of aliphatic hydroxyl groups excluding tert-OH is 1. The third-order valence-corrected chi connectivity index (χ3v) is 12.3. The lowest BCUT2D eigenvalue weighted by atomic mass is 9.99. The summed E-state index contributed by atoms with van der Waals surface area (Å²) in [4.78, 5) is 24.3. The number of ketones is 1. The van der Waals surface area contributed by atoms with E-state index in [0.29, 0.717) is 12.0 Å². The van der Waals surface area contributed by atoms with Crippen molar-refractivity contribution in [2.24, 2.45) is 0 Å². The van der Waals surface area contributed by atoms with Gasteiger partial charge in [0, 0.05) is 18.9 Å². The molecule has 0 aliphatic heterocycles. The molecule has 2 unspecified atom stereocenters. The quantitative estimate of drug-likeness (QED) is 0.153. The second-order valence-electron chi connectivity index (χ2n) is 9.10. The van der Waals surface area contributed by atoms with Crippen LogP contribution in [0.25, 0.3) is 0 Å². The molecule has 0 saturated carbocycles. The Morgan fingerprint density at radius 2 is 1.47 bits per heavy atom. The first-order chi connectivity index (χ1) is 15.3. The fourth-order valence-corrected chi connectivity index (χ4v) is 7.80. The van der Waals surface area contributed by atoms with Gasteiger partial charge in [0.15, 0.2) is 18.0 Å². The van der Waals surface area contributed by atoms with E-state index in [1.807, 2.05) is 6.07 Å². The van der Waals surface area contributed by atoms with E-state index in [2.05, 4.69) is 27.7 Å². The van der Waals surface area contributed by atoms with Gasteiger partial charge in [0.2, 0.25) is 0 Å². The molecule has 1 aromatic rings. The minimum absolute atomic E-state index is 0.271. The number of carbonyl (C=O) groups excluding carboxylic acids is 2. The SMILES string of the molecule is CCCCCCCCCCCC(=O)C(O)C(OC(C)=O)c1coc([Si](CC)(CC)CC)c1. The Hall–Kier alpha value is -1.40. The maximum atomic E-state index is 12.7. The molecule has 0 aliphatic rings. The van der Waals surface area contributed by atoms with Crippen molar-refractivity contribution >= 4 is 25.2 Å². The van der Waals surface area contributed by atoms with Gasteiger partial charge in [0.25, 0.3) is 0 Å². The number of unbranched alkanes of at least 4 members (excludes halogenated alkanes) is 8. The van der Waals surface area contributed by atoms with Crippen LogP contribution in [-0.4, -0.2) is 31.0 Å². The highest BCUT2D eigenvalue weighted by Crippen LogP contribution is 2.27. The van der Waals surface area contributed by atoms with Crippen LogP contribution >= 0.6 is 0 Å². The van der Waals surface area contributed by atoms with Gasteiger partial charge in [-0.05, 0) is 12.5 Å². The van der Waals surface area contributed by atoms with Gasteiger partial charge >= 0.3 is 5.97 Å².